The number of benzene rings is 3. The number of amidine groups is 1. The Labute approximate surface area is 198 Å². The molecule has 0 unspecified atom stereocenters. The van der Waals surface area contributed by atoms with Crippen LogP contribution in [0.5, 0.6) is 17.2 Å². The van der Waals surface area contributed by atoms with Crippen molar-refractivity contribution in [3.8, 4) is 23.3 Å². The summed E-state index contributed by atoms with van der Waals surface area (Å²) in [6.07, 6.45) is 0.796. The van der Waals surface area contributed by atoms with Gasteiger partial charge < -0.3 is 19.3 Å². The largest absolute Gasteiger partial charge is 0.493 e. The maximum atomic E-state index is 13.1. The van der Waals surface area contributed by atoms with Crippen LogP contribution in [0.15, 0.2) is 71.7 Å². The lowest BCUT2D eigenvalue weighted by Gasteiger charge is -2.25. The minimum Gasteiger partial charge on any atom is -0.493 e. The van der Waals surface area contributed by atoms with Crippen molar-refractivity contribution in [2.75, 3.05) is 33.3 Å². The molecule has 2 heterocycles. The summed E-state index contributed by atoms with van der Waals surface area (Å²) < 4.78 is 11.8. The van der Waals surface area contributed by atoms with E-state index in [9.17, 15) is 10.1 Å². The van der Waals surface area contributed by atoms with Gasteiger partial charge >= 0.3 is 0 Å². The highest BCUT2D eigenvalue weighted by Gasteiger charge is 2.28. The first-order chi connectivity index (χ1) is 16.7. The van der Waals surface area contributed by atoms with Gasteiger partial charge in [-0.3, -0.25) is 4.79 Å². The van der Waals surface area contributed by atoms with Crippen LogP contribution in [0.4, 0.5) is 5.69 Å². The van der Waals surface area contributed by atoms with Crippen LogP contribution >= 0.6 is 0 Å². The van der Waals surface area contributed by atoms with Gasteiger partial charge in [0, 0.05) is 31.7 Å². The number of para-hydroxylation sites is 3. The summed E-state index contributed by atoms with van der Waals surface area (Å²) in [6.45, 7) is 2.56. The molecule has 0 aromatic heterocycles. The average molecular weight is 453 g/mol. The normalized spacial score (nSPS) is 15.0. The van der Waals surface area contributed by atoms with Crippen molar-refractivity contribution in [3.05, 3.63) is 83.4 Å². The number of hydrogen-bond acceptors (Lipinski definition) is 6. The quantitative estimate of drug-likeness (QED) is 0.568. The smallest absolute Gasteiger partial charge is 0.253 e. The molecule has 0 N–H and O–H groups in total. The third-order valence-corrected chi connectivity index (χ3v) is 6.06. The number of amides is 1. The summed E-state index contributed by atoms with van der Waals surface area (Å²) >= 11 is 0. The van der Waals surface area contributed by atoms with Gasteiger partial charge in [0.2, 0.25) is 0 Å². The SMILES string of the molecule is COc1cccc2c1Oc1ccccc1N=C2N1CCCN(C(=O)c2cccc(C#N)c2)CC1. The fourth-order valence-corrected chi connectivity index (χ4v) is 4.36. The Morgan fingerprint density at radius 3 is 2.74 bits per heavy atom. The Kier molecular flexibility index (Phi) is 5.88. The molecule has 0 saturated carbocycles. The summed E-state index contributed by atoms with van der Waals surface area (Å²) in [4.78, 5) is 22.2. The van der Waals surface area contributed by atoms with Crippen LogP contribution in [0.2, 0.25) is 0 Å². The van der Waals surface area contributed by atoms with E-state index in [2.05, 4.69) is 11.0 Å². The molecule has 3 aromatic carbocycles. The van der Waals surface area contributed by atoms with Gasteiger partial charge in [-0.1, -0.05) is 24.3 Å². The van der Waals surface area contributed by atoms with E-state index in [1.165, 1.54) is 0 Å². The summed E-state index contributed by atoms with van der Waals surface area (Å²) in [5.74, 6) is 2.70. The third-order valence-electron chi connectivity index (χ3n) is 6.06. The van der Waals surface area contributed by atoms with Gasteiger partial charge in [0.15, 0.2) is 17.2 Å². The zero-order valence-corrected chi connectivity index (χ0v) is 18.9. The average Bonchev–Trinajstić information content (AvgIpc) is 3.23. The van der Waals surface area contributed by atoms with Gasteiger partial charge in [0.05, 0.1) is 24.3 Å². The van der Waals surface area contributed by atoms with E-state index >= 15 is 0 Å². The topological polar surface area (TPSA) is 78.2 Å². The van der Waals surface area contributed by atoms with E-state index in [1.54, 1.807) is 31.4 Å². The molecular weight excluding hydrogens is 428 g/mol. The number of carbonyl (C=O) groups excluding carboxylic acids is 1. The van der Waals surface area contributed by atoms with Crippen LogP contribution in [-0.4, -0.2) is 54.8 Å². The Bertz CT molecular complexity index is 1310. The molecule has 0 spiro atoms. The number of nitriles is 1. The van der Waals surface area contributed by atoms with Crippen molar-refractivity contribution in [1.82, 2.24) is 9.80 Å². The van der Waals surface area contributed by atoms with Crippen LogP contribution in [0, 0.1) is 11.3 Å². The molecule has 1 fully saturated rings. The van der Waals surface area contributed by atoms with Crippen molar-refractivity contribution in [3.63, 3.8) is 0 Å². The molecule has 0 radical (unpaired) electrons. The molecule has 34 heavy (non-hydrogen) atoms. The lowest BCUT2D eigenvalue weighted by molar-refractivity contribution is 0.0764. The highest BCUT2D eigenvalue weighted by molar-refractivity contribution is 6.04. The molecule has 170 valence electrons. The number of rotatable bonds is 2. The van der Waals surface area contributed by atoms with Gasteiger partial charge in [-0.25, -0.2) is 4.99 Å². The molecule has 0 aliphatic carbocycles. The van der Waals surface area contributed by atoms with Crippen LogP contribution < -0.4 is 9.47 Å². The zero-order chi connectivity index (χ0) is 23.5. The van der Waals surface area contributed by atoms with E-state index in [1.807, 2.05) is 47.4 Å². The molecule has 2 aliphatic heterocycles. The Morgan fingerprint density at radius 1 is 1.03 bits per heavy atom. The van der Waals surface area contributed by atoms with Crippen molar-refractivity contribution in [1.29, 1.82) is 5.26 Å². The van der Waals surface area contributed by atoms with Gasteiger partial charge in [0.25, 0.3) is 5.91 Å². The maximum Gasteiger partial charge on any atom is 0.253 e. The summed E-state index contributed by atoms with van der Waals surface area (Å²) in [6, 6.07) is 22.5. The molecule has 3 aromatic rings. The van der Waals surface area contributed by atoms with Crippen LogP contribution in [0.1, 0.15) is 27.9 Å². The number of methoxy groups -OCH3 is 1. The second kappa shape index (κ2) is 9.28. The van der Waals surface area contributed by atoms with E-state index in [4.69, 9.17) is 14.5 Å². The van der Waals surface area contributed by atoms with Crippen LogP contribution in [0.3, 0.4) is 0 Å². The summed E-state index contributed by atoms with van der Waals surface area (Å²) in [5.41, 5.74) is 2.63. The van der Waals surface area contributed by atoms with E-state index in [0.717, 1.165) is 30.1 Å². The standard InChI is InChI=1S/C27H24N4O3/c1-33-24-12-5-9-21-25(24)34-23-11-3-2-10-22(23)29-26(21)30-13-6-14-31(16-15-30)27(32)20-8-4-7-19(17-20)18-28/h2-5,7-12,17H,6,13-16H2,1H3. The predicted molar refractivity (Wildman–Crippen MR) is 129 cm³/mol. The second-order valence-electron chi connectivity index (χ2n) is 8.17. The van der Waals surface area contributed by atoms with E-state index < -0.39 is 0 Å². The Hall–Kier alpha value is -4.31. The summed E-state index contributed by atoms with van der Waals surface area (Å²) in [7, 11) is 1.63. The second-order valence-corrected chi connectivity index (χ2v) is 8.17. The molecule has 1 saturated heterocycles. The lowest BCUT2D eigenvalue weighted by Crippen LogP contribution is -2.37. The number of hydrogen-bond donors (Lipinski definition) is 0. The number of carbonyl (C=O) groups is 1. The number of fused-ring (bicyclic) bond motifs is 2. The van der Waals surface area contributed by atoms with Crippen molar-refractivity contribution in [2.24, 2.45) is 4.99 Å². The molecule has 7 nitrogen and oxygen atoms in total. The highest BCUT2D eigenvalue weighted by Crippen LogP contribution is 2.42. The monoisotopic (exact) mass is 452 g/mol. The van der Waals surface area contributed by atoms with Gasteiger partial charge in [-0.2, -0.15) is 5.26 Å². The Morgan fingerprint density at radius 2 is 1.88 bits per heavy atom. The molecule has 5 rings (SSSR count). The number of nitrogens with zero attached hydrogens (tertiary/aromatic N) is 4. The van der Waals surface area contributed by atoms with Gasteiger partial charge in [-0.05, 0) is 48.9 Å². The lowest BCUT2D eigenvalue weighted by atomic mass is 10.1. The van der Waals surface area contributed by atoms with Crippen molar-refractivity contribution < 1.29 is 14.3 Å². The first-order valence-corrected chi connectivity index (χ1v) is 11.3. The van der Waals surface area contributed by atoms with E-state index in [0.29, 0.717) is 48.0 Å². The van der Waals surface area contributed by atoms with Crippen molar-refractivity contribution in [2.45, 2.75) is 6.42 Å². The minimum absolute atomic E-state index is 0.0579. The number of ether oxygens (including phenoxy) is 2. The molecule has 2 aliphatic rings. The van der Waals surface area contributed by atoms with Crippen LogP contribution in [-0.2, 0) is 0 Å². The Balaban J connectivity index is 1.45. The fraction of sp³-hybridized carbons (Fsp3) is 0.222. The van der Waals surface area contributed by atoms with Crippen LogP contribution in [0.25, 0.3) is 0 Å². The molecule has 1 amide bonds. The molecule has 7 heteroatoms. The summed E-state index contributed by atoms with van der Waals surface area (Å²) in [5, 5.41) is 9.17. The highest BCUT2D eigenvalue weighted by atomic mass is 16.5. The molecular formula is C27H24N4O3. The number of aliphatic imine (C=N–C) groups is 1. The first kappa shape index (κ1) is 21.5. The minimum atomic E-state index is -0.0579. The van der Waals surface area contributed by atoms with Crippen molar-refractivity contribution >= 4 is 17.4 Å². The zero-order valence-electron chi connectivity index (χ0n) is 18.9. The van der Waals surface area contributed by atoms with Gasteiger partial charge in [-0.15, -0.1) is 0 Å². The van der Waals surface area contributed by atoms with Gasteiger partial charge in [0.1, 0.15) is 11.5 Å². The fourth-order valence-electron chi connectivity index (χ4n) is 4.36. The maximum absolute atomic E-state index is 13.1. The molecule has 0 atom stereocenters. The van der Waals surface area contributed by atoms with E-state index in [-0.39, 0.29) is 5.91 Å². The first-order valence-electron chi connectivity index (χ1n) is 11.3. The molecule has 0 bridgehead atoms. The third kappa shape index (κ3) is 4.06. The predicted octanol–water partition coefficient (Wildman–Crippen LogP) is 4.60.